The average Bonchev–Trinajstić information content (AvgIpc) is 3.76. The maximum Gasteiger partial charge on any atom is 0.398 e. The van der Waals surface area contributed by atoms with Gasteiger partial charge in [-0.1, -0.05) is 66.2 Å². The lowest BCUT2D eigenvalue weighted by molar-refractivity contribution is -0.162. The Hall–Kier alpha value is -4.10. The van der Waals surface area contributed by atoms with Crippen molar-refractivity contribution in [1.29, 1.82) is 0 Å². The number of rotatable bonds is 15. The lowest BCUT2D eigenvalue weighted by Crippen LogP contribution is -2.63. The maximum atomic E-state index is 14.7. The first-order valence-electron chi connectivity index (χ1n) is 18.8. The third kappa shape index (κ3) is 11.2. The highest BCUT2D eigenvalue weighted by Crippen LogP contribution is 2.33. The fourth-order valence-corrected chi connectivity index (χ4v) is 7.24. The molecule has 4 N–H and O–H groups in total. The van der Waals surface area contributed by atoms with Gasteiger partial charge in [-0.25, -0.2) is 9.78 Å². The van der Waals surface area contributed by atoms with Crippen LogP contribution >= 0.6 is 0 Å². The first-order valence-corrected chi connectivity index (χ1v) is 18.8. The predicted octanol–water partition coefficient (Wildman–Crippen LogP) is 3.16. The van der Waals surface area contributed by atoms with Gasteiger partial charge in [-0.05, 0) is 62.7 Å². The summed E-state index contributed by atoms with van der Waals surface area (Å²) in [6, 6.07) is -2.85. The Balaban J connectivity index is 1.56. The van der Waals surface area contributed by atoms with E-state index in [4.69, 9.17) is 4.74 Å². The highest BCUT2D eigenvalue weighted by atomic mass is 16.6. The molecular weight excluding hydrogens is 654 g/mol. The number of carbonyl (C=O) groups excluding carboxylic acids is 6. The number of aromatic nitrogens is 2. The summed E-state index contributed by atoms with van der Waals surface area (Å²) in [5.74, 6) is -4.05. The van der Waals surface area contributed by atoms with Crippen molar-refractivity contribution in [3.8, 4) is 0 Å². The van der Waals surface area contributed by atoms with Crippen LogP contribution in [0.15, 0.2) is 18.6 Å². The molecule has 0 aromatic carbocycles. The number of nitrogens with one attached hydrogen (secondary N) is 4. The molecule has 0 bridgehead atoms. The van der Waals surface area contributed by atoms with Crippen molar-refractivity contribution in [2.24, 2.45) is 17.3 Å². The summed E-state index contributed by atoms with van der Waals surface area (Å²) in [5.41, 5.74) is -0.675. The molecule has 3 fully saturated rings. The van der Waals surface area contributed by atoms with Crippen LogP contribution < -0.4 is 21.3 Å². The Morgan fingerprint density at radius 3 is 2.06 bits per heavy atom. The topological polar surface area (TPSA) is 189 Å². The van der Waals surface area contributed by atoms with E-state index >= 15 is 0 Å². The average molecular weight is 712 g/mol. The molecular formula is C37H57N7O7. The second kappa shape index (κ2) is 18.4. The summed E-state index contributed by atoms with van der Waals surface area (Å²) in [4.78, 5) is 90.8. The van der Waals surface area contributed by atoms with Gasteiger partial charge in [0.05, 0.1) is 6.20 Å². The van der Waals surface area contributed by atoms with Crippen LogP contribution in [0.5, 0.6) is 0 Å². The zero-order valence-corrected chi connectivity index (χ0v) is 30.9. The molecule has 0 saturated heterocycles. The Labute approximate surface area is 301 Å². The molecule has 1 aromatic rings. The smallest absolute Gasteiger partial charge is 0.398 e. The van der Waals surface area contributed by atoms with Gasteiger partial charge in [-0.3, -0.25) is 29.0 Å². The zero-order chi connectivity index (χ0) is 37.1. The Bertz CT molecular complexity index is 1370. The van der Waals surface area contributed by atoms with Crippen LogP contribution in [-0.4, -0.2) is 87.3 Å². The molecule has 0 spiro atoms. The summed E-state index contributed by atoms with van der Waals surface area (Å²) in [6.45, 7) is 9.42. The number of likely N-dealkylation sites (N-methyl/N-ethyl adjacent to an activating group) is 1. The summed E-state index contributed by atoms with van der Waals surface area (Å²) in [5, 5.41) is 11.3. The monoisotopic (exact) mass is 711 g/mol. The van der Waals surface area contributed by atoms with Crippen LogP contribution in [0, 0.1) is 17.3 Å². The van der Waals surface area contributed by atoms with E-state index in [2.05, 4.69) is 31.2 Å². The van der Waals surface area contributed by atoms with Gasteiger partial charge in [0.15, 0.2) is 6.23 Å². The molecule has 3 saturated carbocycles. The molecule has 5 amide bonds. The minimum Gasteiger partial charge on any atom is -0.435 e. The quantitative estimate of drug-likeness (QED) is 0.120. The maximum absolute atomic E-state index is 14.7. The van der Waals surface area contributed by atoms with Gasteiger partial charge in [-0.2, -0.15) is 0 Å². The number of hydrogen-bond acceptors (Lipinski definition) is 9. The standard InChI is InChI=1S/C37H57N7O7/c1-6-13-27(51-36(50)34(48)40-25-18-19-25)41-33(47)29(24-16-11-12-17-24)44(7-2)35(49)30(37(3,4)5)43-32(46)28(23-14-9-8-10-15-23)42-31(45)26-22-38-20-21-39-26/h20-25,27-30H,6-19H2,1-5H3,(H,40,48)(H,41,47)(H,42,45)(H,43,46). The van der Waals surface area contributed by atoms with Crippen molar-refractivity contribution in [2.45, 2.75) is 148 Å². The number of amides is 5. The van der Waals surface area contributed by atoms with Crippen molar-refractivity contribution in [3.63, 3.8) is 0 Å². The van der Waals surface area contributed by atoms with Gasteiger partial charge in [0.25, 0.3) is 5.91 Å². The molecule has 51 heavy (non-hydrogen) atoms. The first kappa shape index (κ1) is 39.7. The molecule has 1 aromatic heterocycles. The van der Waals surface area contributed by atoms with Crippen molar-refractivity contribution in [3.05, 3.63) is 24.3 Å². The normalized spacial score (nSPS) is 19.2. The number of nitrogens with zero attached hydrogens (tertiary/aromatic N) is 3. The fourth-order valence-electron chi connectivity index (χ4n) is 7.24. The van der Waals surface area contributed by atoms with Crippen LogP contribution in [0.25, 0.3) is 0 Å². The van der Waals surface area contributed by atoms with Crippen LogP contribution in [-0.2, 0) is 28.7 Å². The van der Waals surface area contributed by atoms with Crippen molar-refractivity contribution in [1.82, 2.24) is 36.1 Å². The minimum atomic E-state index is -1.06. The molecule has 0 aliphatic heterocycles. The van der Waals surface area contributed by atoms with Crippen molar-refractivity contribution >= 4 is 35.5 Å². The van der Waals surface area contributed by atoms with Gasteiger partial charge >= 0.3 is 11.9 Å². The summed E-state index contributed by atoms with van der Waals surface area (Å²) in [6.07, 6.45) is 13.3. The molecule has 4 atom stereocenters. The number of esters is 1. The second-order valence-electron chi connectivity index (χ2n) is 15.3. The van der Waals surface area contributed by atoms with Crippen LogP contribution in [0.1, 0.15) is 129 Å². The van der Waals surface area contributed by atoms with E-state index in [0.29, 0.717) is 6.42 Å². The van der Waals surface area contributed by atoms with Gasteiger partial charge in [-0.15, -0.1) is 0 Å². The van der Waals surface area contributed by atoms with Gasteiger partial charge in [0, 0.05) is 31.4 Å². The highest BCUT2D eigenvalue weighted by Gasteiger charge is 2.44. The Kier molecular flexibility index (Phi) is 14.3. The summed E-state index contributed by atoms with van der Waals surface area (Å²) >= 11 is 0. The largest absolute Gasteiger partial charge is 0.435 e. The molecule has 4 rings (SSSR count). The van der Waals surface area contributed by atoms with Gasteiger partial charge in [0.2, 0.25) is 17.7 Å². The number of ether oxygens (including phenoxy) is 1. The first-order chi connectivity index (χ1) is 24.3. The van der Waals surface area contributed by atoms with E-state index < -0.39 is 65.3 Å². The summed E-state index contributed by atoms with van der Waals surface area (Å²) in [7, 11) is 0. The lowest BCUT2D eigenvalue weighted by Gasteiger charge is -2.41. The second-order valence-corrected chi connectivity index (χ2v) is 15.3. The van der Waals surface area contributed by atoms with Gasteiger partial charge in [0.1, 0.15) is 23.8 Å². The van der Waals surface area contributed by atoms with E-state index in [9.17, 15) is 28.8 Å². The molecule has 14 heteroatoms. The fraction of sp³-hybridized carbons (Fsp3) is 0.730. The zero-order valence-electron chi connectivity index (χ0n) is 30.9. The SMILES string of the molecule is CCCC(NC(=O)C(C1CCCC1)N(CC)C(=O)C(NC(=O)C(NC(=O)c1cnccn1)C1CCCCC1)C(C)(C)C)OC(=O)C(=O)NC1CC1. The van der Waals surface area contributed by atoms with Crippen LogP contribution in [0.4, 0.5) is 0 Å². The van der Waals surface area contributed by atoms with E-state index in [1.165, 1.54) is 23.5 Å². The molecule has 3 aliphatic rings. The summed E-state index contributed by atoms with van der Waals surface area (Å²) < 4.78 is 5.45. The van der Waals surface area contributed by atoms with E-state index in [1.807, 2.05) is 27.7 Å². The van der Waals surface area contributed by atoms with E-state index in [0.717, 1.165) is 70.6 Å². The Morgan fingerprint density at radius 2 is 1.49 bits per heavy atom. The molecule has 282 valence electrons. The van der Waals surface area contributed by atoms with E-state index in [-0.39, 0.29) is 36.5 Å². The molecule has 3 aliphatic carbocycles. The molecule has 1 heterocycles. The van der Waals surface area contributed by atoms with E-state index in [1.54, 1.807) is 6.92 Å². The number of carbonyl (C=O) groups is 6. The van der Waals surface area contributed by atoms with Gasteiger partial charge < -0.3 is 30.9 Å². The van der Waals surface area contributed by atoms with Crippen LogP contribution in [0.2, 0.25) is 0 Å². The highest BCUT2D eigenvalue weighted by molar-refractivity contribution is 6.32. The Morgan fingerprint density at radius 1 is 0.843 bits per heavy atom. The number of hydrogen-bond donors (Lipinski definition) is 4. The predicted molar refractivity (Wildman–Crippen MR) is 188 cm³/mol. The lowest BCUT2D eigenvalue weighted by atomic mass is 9.81. The third-order valence-corrected chi connectivity index (χ3v) is 10.2. The van der Waals surface area contributed by atoms with Crippen LogP contribution in [0.3, 0.4) is 0 Å². The third-order valence-electron chi connectivity index (χ3n) is 10.2. The molecule has 0 radical (unpaired) electrons. The minimum absolute atomic E-state index is 0.0243. The van der Waals surface area contributed by atoms with Crippen molar-refractivity contribution in [2.75, 3.05) is 6.54 Å². The molecule has 14 nitrogen and oxygen atoms in total. The van der Waals surface area contributed by atoms with Crippen molar-refractivity contribution < 1.29 is 33.5 Å². The molecule has 4 unspecified atom stereocenters.